The average Bonchev–Trinajstić information content (AvgIpc) is 3.49. The van der Waals surface area contributed by atoms with Gasteiger partial charge in [0.15, 0.2) is 0 Å². The monoisotopic (exact) mass is 539 g/mol. The molecule has 4 aromatic rings. The molecule has 194 valence electrons. The molecule has 0 bridgehead atoms. The first-order chi connectivity index (χ1) is 18.0. The van der Waals surface area contributed by atoms with Crippen molar-refractivity contribution in [2.45, 2.75) is 52.1 Å². The Balaban J connectivity index is 1.58. The highest BCUT2D eigenvalue weighted by molar-refractivity contribution is 7.99. The minimum Gasteiger partial charge on any atom is -0.338 e. The van der Waals surface area contributed by atoms with E-state index in [-0.39, 0.29) is 5.82 Å². The lowest BCUT2D eigenvalue weighted by atomic mass is 9.83. The minimum absolute atomic E-state index is 0.267. The smallest absolute Gasteiger partial charge is 0.338 e. The van der Waals surface area contributed by atoms with Gasteiger partial charge in [0.05, 0.1) is 21.7 Å². The van der Waals surface area contributed by atoms with Crippen LogP contribution in [0.5, 0.6) is 0 Å². The molecule has 1 aliphatic carbocycles. The maximum atomic E-state index is 11.7. The number of imidazole rings is 1. The van der Waals surface area contributed by atoms with E-state index in [0.717, 1.165) is 53.1 Å². The van der Waals surface area contributed by atoms with Crippen molar-refractivity contribution in [3.63, 3.8) is 0 Å². The van der Waals surface area contributed by atoms with Crippen LogP contribution in [0.15, 0.2) is 33.8 Å². The van der Waals surface area contributed by atoms with Crippen LogP contribution < -0.4 is 10.7 Å². The SMILES string of the molecule is CC1CCC(Cn2c(N3CCSCC3C)nc3cc(-c4noc(=O)[nH]4)nc(-c4cncc(Cl)c4)c32)CC1. The van der Waals surface area contributed by atoms with Crippen LogP contribution in [0.25, 0.3) is 33.8 Å². The van der Waals surface area contributed by atoms with Crippen LogP contribution in [-0.2, 0) is 6.54 Å². The summed E-state index contributed by atoms with van der Waals surface area (Å²) in [5.74, 6) is 4.13. The first-order valence-corrected chi connectivity index (χ1v) is 14.4. The van der Waals surface area contributed by atoms with Crippen LogP contribution in [0.2, 0.25) is 5.02 Å². The summed E-state index contributed by atoms with van der Waals surface area (Å²) in [6.45, 7) is 6.45. The predicted octanol–water partition coefficient (Wildman–Crippen LogP) is 5.26. The van der Waals surface area contributed by atoms with E-state index in [1.807, 2.05) is 23.9 Å². The third-order valence-electron chi connectivity index (χ3n) is 7.57. The molecule has 0 spiro atoms. The molecule has 2 aliphatic rings. The molecule has 0 radical (unpaired) electrons. The molecule has 4 aromatic heterocycles. The van der Waals surface area contributed by atoms with Gasteiger partial charge < -0.3 is 9.47 Å². The number of rotatable bonds is 5. The van der Waals surface area contributed by atoms with Gasteiger partial charge in [-0.1, -0.05) is 36.5 Å². The van der Waals surface area contributed by atoms with Gasteiger partial charge in [-0.3, -0.25) is 14.5 Å². The summed E-state index contributed by atoms with van der Waals surface area (Å²) < 4.78 is 7.15. The molecular formula is C26H30ClN7O2S. The van der Waals surface area contributed by atoms with Crippen molar-refractivity contribution in [1.82, 2.24) is 29.7 Å². The van der Waals surface area contributed by atoms with Crippen LogP contribution >= 0.6 is 23.4 Å². The minimum atomic E-state index is -0.625. The molecule has 0 amide bonds. The Morgan fingerprint density at radius 3 is 2.73 bits per heavy atom. The Labute approximate surface area is 224 Å². The second-order valence-corrected chi connectivity index (χ2v) is 11.9. The number of hydrogen-bond donors (Lipinski definition) is 1. The van der Waals surface area contributed by atoms with E-state index in [4.69, 9.17) is 26.1 Å². The third kappa shape index (κ3) is 4.88. The summed E-state index contributed by atoms with van der Waals surface area (Å²) in [4.78, 5) is 31.3. The van der Waals surface area contributed by atoms with Gasteiger partial charge in [0, 0.05) is 48.6 Å². The van der Waals surface area contributed by atoms with Crippen molar-refractivity contribution in [1.29, 1.82) is 0 Å². The Kier molecular flexibility index (Phi) is 6.71. The van der Waals surface area contributed by atoms with Gasteiger partial charge in [-0.05, 0) is 43.7 Å². The fourth-order valence-electron chi connectivity index (χ4n) is 5.53. The number of pyridine rings is 2. The summed E-state index contributed by atoms with van der Waals surface area (Å²) in [6.07, 6.45) is 8.33. The number of thioether (sulfide) groups is 1. The van der Waals surface area contributed by atoms with E-state index in [9.17, 15) is 4.79 Å². The molecule has 6 rings (SSSR count). The number of H-pyrrole nitrogens is 1. The lowest BCUT2D eigenvalue weighted by molar-refractivity contribution is 0.266. The molecule has 1 unspecified atom stereocenters. The molecule has 5 heterocycles. The number of nitrogens with zero attached hydrogens (tertiary/aromatic N) is 6. The van der Waals surface area contributed by atoms with Crippen LogP contribution in [0.3, 0.4) is 0 Å². The Hall–Kier alpha value is -2.85. The zero-order valence-corrected chi connectivity index (χ0v) is 22.6. The zero-order valence-electron chi connectivity index (χ0n) is 21.0. The van der Waals surface area contributed by atoms with Gasteiger partial charge >= 0.3 is 5.76 Å². The normalized spacial score (nSPS) is 22.6. The largest absolute Gasteiger partial charge is 0.439 e. The number of nitrogens with one attached hydrogen (secondary N) is 1. The Bertz CT molecular complexity index is 1470. The van der Waals surface area contributed by atoms with Gasteiger partial charge in [0.1, 0.15) is 5.69 Å². The topological polar surface area (TPSA) is 106 Å². The van der Waals surface area contributed by atoms with Crippen LogP contribution in [0.1, 0.15) is 39.5 Å². The van der Waals surface area contributed by atoms with E-state index < -0.39 is 5.76 Å². The number of anilines is 1. The van der Waals surface area contributed by atoms with Crippen molar-refractivity contribution in [2.75, 3.05) is 23.0 Å². The maximum Gasteiger partial charge on any atom is 0.439 e. The summed E-state index contributed by atoms with van der Waals surface area (Å²) >= 11 is 8.35. The fraction of sp³-hybridized carbons (Fsp3) is 0.500. The van der Waals surface area contributed by atoms with E-state index in [1.165, 1.54) is 25.7 Å². The first kappa shape index (κ1) is 24.5. The third-order valence-corrected chi connectivity index (χ3v) is 8.96. The molecule has 1 saturated carbocycles. The van der Waals surface area contributed by atoms with E-state index in [1.54, 1.807) is 12.4 Å². The summed E-state index contributed by atoms with van der Waals surface area (Å²) in [6, 6.07) is 4.12. The molecular weight excluding hydrogens is 510 g/mol. The van der Waals surface area contributed by atoms with Crippen molar-refractivity contribution < 1.29 is 4.52 Å². The Morgan fingerprint density at radius 1 is 1.16 bits per heavy atom. The quantitative estimate of drug-likeness (QED) is 0.366. The molecule has 11 heteroatoms. The first-order valence-electron chi connectivity index (χ1n) is 12.9. The average molecular weight is 540 g/mol. The highest BCUT2D eigenvalue weighted by atomic mass is 35.5. The van der Waals surface area contributed by atoms with Crippen molar-refractivity contribution in [2.24, 2.45) is 11.8 Å². The number of aromatic amines is 1. The molecule has 0 aromatic carbocycles. The number of aromatic nitrogens is 6. The highest BCUT2D eigenvalue weighted by Gasteiger charge is 2.29. The summed E-state index contributed by atoms with van der Waals surface area (Å²) in [7, 11) is 0. The van der Waals surface area contributed by atoms with Gasteiger partial charge in [-0.15, -0.1) is 0 Å². The van der Waals surface area contributed by atoms with E-state index >= 15 is 0 Å². The molecule has 1 aliphatic heterocycles. The lowest BCUT2D eigenvalue weighted by Gasteiger charge is -2.35. The lowest BCUT2D eigenvalue weighted by Crippen LogP contribution is -2.42. The van der Waals surface area contributed by atoms with Gasteiger partial charge in [0.25, 0.3) is 0 Å². The standard InChI is InChI=1S/C26H30ClN7O2S/c1-15-3-5-17(6-4-15)13-34-23-20(30-25(34)33-7-8-37-14-16(33)2)10-21(24-31-26(35)36-32-24)29-22(23)18-9-19(27)12-28-11-18/h9-12,15-17H,3-8,13-14H2,1-2H3,(H,31,32,35). The maximum absolute atomic E-state index is 11.7. The van der Waals surface area contributed by atoms with Crippen molar-refractivity contribution >= 4 is 40.3 Å². The molecule has 37 heavy (non-hydrogen) atoms. The van der Waals surface area contributed by atoms with E-state index in [0.29, 0.717) is 28.4 Å². The second-order valence-electron chi connectivity index (χ2n) is 10.3. The predicted molar refractivity (Wildman–Crippen MR) is 147 cm³/mol. The Morgan fingerprint density at radius 2 is 2.00 bits per heavy atom. The second kappa shape index (κ2) is 10.1. The van der Waals surface area contributed by atoms with Crippen molar-refractivity contribution in [3.05, 3.63) is 40.1 Å². The van der Waals surface area contributed by atoms with Crippen LogP contribution in [-0.4, -0.2) is 53.8 Å². The summed E-state index contributed by atoms with van der Waals surface area (Å²) in [5.41, 5.74) is 3.75. The molecule has 1 atom stereocenters. The molecule has 2 fully saturated rings. The molecule has 1 N–H and O–H groups in total. The van der Waals surface area contributed by atoms with Gasteiger partial charge in [-0.25, -0.2) is 14.8 Å². The summed E-state index contributed by atoms with van der Waals surface area (Å²) in [5, 5.41) is 4.41. The molecule has 1 saturated heterocycles. The number of hydrogen-bond acceptors (Lipinski definition) is 8. The highest BCUT2D eigenvalue weighted by Crippen LogP contribution is 2.38. The fourth-order valence-corrected chi connectivity index (χ4v) is 6.72. The van der Waals surface area contributed by atoms with Gasteiger partial charge in [-0.2, -0.15) is 11.8 Å². The zero-order chi connectivity index (χ0) is 25.5. The number of fused-ring (bicyclic) bond motifs is 1. The van der Waals surface area contributed by atoms with Crippen molar-refractivity contribution in [3.8, 4) is 22.8 Å². The van der Waals surface area contributed by atoms with Crippen LogP contribution in [0, 0.1) is 11.8 Å². The van der Waals surface area contributed by atoms with E-state index in [2.05, 4.69) is 38.4 Å². The van der Waals surface area contributed by atoms with Crippen LogP contribution in [0.4, 0.5) is 5.95 Å². The molecule has 9 nitrogen and oxygen atoms in total. The number of halogens is 1. The van der Waals surface area contributed by atoms with Gasteiger partial charge in [0.2, 0.25) is 11.8 Å².